The van der Waals surface area contributed by atoms with Gasteiger partial charge >= 0.3 is 5.35 Å². The lowest BCUT2D eigenvalue weighted by Gasteiger charge is -1.91. The van der Waals surface area contributed by atoms with Crippen LogP contribution in [0.1, 0.15) is 12.7 Å². The molecule has 0 bridgehead atoms. The largest absolute Gasteiger partial charge is 0.469 e. The van der Waals surface area contributed by atoms with Crippen LogP contribution in [0.25, 0.3) is 11.5 Å². The van der Waals surface area contributed by atoms with E-state index >= 15 is 0 Å². The van der Waals surface area contributed by atoms with E-state index < -0.39 is 0 Å². The highest BCUT2D eigenvalue weighted by molar-refractivity contribution is 6.27. The first-order valence-corrected chi connectivity index (χ1v) is 4.24. The van der Waals surface area contributed by atoms with Crippen molar-refractivity contribution in [1.82, 2.24) is 10.2 Å². The molecule has 0 spiro atoms. The van der Waals surface area contributed by atoms with Crippen LogP contribution in [-0.2, 0) is 6.42 Å². The molecule has 0 amide bonds. The summed E-state index contributed by atoms with van der Waals surface area (Å²) in [7, 11) is 0. The number of halogens is 1. The van der Waals surface area contributed by atoms with Gasteiger partial charge in [-0.15, -0.1) is 5.10 Å². The average molecular weight is 199 g/mol. The molecule has 5 heteroatoms. The van der Waals surface area contributed by atoms with Gasteiger partial charge in [0.15, 0.2) is 0 Å². The maximum absolute atomic E-state index is 5.50. The lowest BCUT2D eigenvalue weighted by Crippen LogP contribution is -1.81. The molecule has 68 valence electrons. The van der Waals surface area contributed by atoms with Crippen molar-refractivity contribution >= 4 is 11.6 Å². The van der Waals surface area contributed by atoms with Crippen LogP contribution >= 0.6 is 11.6 Å². The second-order valence-corrected chi connectivity index (χ2v) is 2.79. The molecule has 0 aliphatic carbocycles. The van der Waals surface area contributed by atoms with Crippen LogP contribution in [0.3, 0.4) is 0 Å². The first-order chi connectivity index (χ1) is 6.31. The molecule has 2 aromatic heterocycles. The summed E-state index contributed by atoms with van der Waals surface area (Å²) in [6, 6.07) is 1.78. The van der Waals surface area contributed by atoms with E-state index in [9.17, 15) is 0 Å². The topological polar surface area (TPSA) is 52.1 Å². The van der Waals surface area contributed by atoms with Crippen molar-refractivity contribution in [3.8, 4) is 11.5 Å². The minimum atomic E-state index is 0.0400. The predicted molar refractivity (Wildman–Crippen MR) is 46.4 cm³/mol. The average Bonchev–Trinajstić information content (AvgIpc) is 2.71. The van der Waals surface area contributed by atoms with Crippen LogP contribution in [0.15, 0.2) is 21.2 Å². The third-order valence-electron chi connectivity index (χ3n) is 1.70. The van der Waals surface area contributed by atoms with Crippen molar-refractivity contribution in [2.24, 2.45) is 0 Å². The Bertz CT molecular complexity index is 408. The molecule has 13 heavy (non-hydrogen) atoms. The van der Waals surface area contributed by atoms with Crippen LogP contribution in [0.2, 0.25) is 5.35 Å². The Morgan fingerprint density at radius 3 is 2.92 bits per heavy atom. The summed E-state index contributed by atoms with van der Waals surface area (Å²) >= 11 is 5.50. The van der Waals surface area contributed by atoms with Crippen molar-refractivity contribution < 1.29 is 8.83 Å². The zero-order chi connectivity index (χ0) is 9.26. The van der Waals surface area contributed by atoms with Crippen LogP contribution in [0.5, 0.6) is 0 Å². The van der Waals surface area contributed by atoms with E-state index in [-0.39, 0.29) is 5.35 Å². The predicted octanol–water partition coefficient (Wildman–Crippen LogP) is 2.55. The molecular formula is C8H7ClN2O2. The van der Waals surface area contributed by atoms with Crippen molar-refractivity contribution in [2.45, 2.75) is 13.3 Å². The molecular weight excluding hydrogens is 192 g/mol. The second kappa shape index (κ2) is 3.22. The van der Waals surface area contributed by atoms with Gasteiger partial charge in [-0.05, 0) is 17.7 Å². The number of rotatable bonds is 2. The molecule has 0 atom stereocenters. The van der Waals surface area contributed by atoms with E-state index in [1.165, 1.54) is 0 Å². The van der Waals surface area contributed by atoms with Gasteiger partial charge in [0, 0.05) is 6.42 Å². The Hall–Kier alpha value is -1.29. The Balaban J connectivity index is 2.45. The minimum Gasteiger partial charge on any atom is -0.469 e. The van der Waals surface area contributed by atoms with Crippen molar-refractivity contribution in [1.29, 1.82) is 0 Å². The molecule has 0 aliphatic rings. The first kappa shape index (κ1) is 8.31. The van der Waals surface area contributed by atoms with Crippen LogP contribution < -0.4 is 0 Å². The Morgan fingerprint density at radius 2 is 2.31 bits per heavy atom. The smallest absolute Gasteiger partial charge is 0.313 e. The molecule has 2 rings (SSSR count). The van der Waals surface area contributed by atoms with Gasteiger partial charge in [-0.25, -0.2) is 0 Å². The second-order valence-electron chi connectivity index (χ2n) is 2.47. The standard InChI is InChI=1S/C8H7ClN2O2/c1-2-6-5(3-4-12-6)7-10-11-8(9)13-7/h3-4H,2H2,1H3. The summed E-state index contributed by atoms with van der Waals surface area (Å²) in [5.74, 6) is 1.22. The fraction of sp³-hybridized carbons (Fsp3) is 0.250. The summed E-state index contributed by atoms with van der Waals surface area (Å²) < 4.78 is 10.3. The van der Waals surface area contributed by atoms with Gasteiger partial charge in [-0.3, -0.25) is 0 Å². The van der Waals surface area contributed by atoms with Crippen molar-refractivity contribution in [2.75, 3.05) is 0 Å². The number of aromatic nitrogens is 2. The molecule has 0 aromatic carbocycles. The summed E-state index contributed by atoms with van der Waals surface area (Å²) in [5, 5.41) is 7.35. The molecule has 2 heterocycles. The van der Waals surface area contributed by atoms with Crippen molar-refractivity contribution in [3.05, 3.63) is 23.4 Å². The highest BCUT2D eigenvalue weighted by Crippen LogP contribution is 2.24. The quantitative estimate of drug-likeness (QED) is 0.744. The number of nitrogens with zero attached hydrogens (tertiary/aromatic N) is 2. The highest BCUT2D eigenvalue weighted by atomic mass is 35.5. The van der Waals surface area contributed by atoms with E-state index in [1.54, 1.807) is 12.3 Å². The van der Waals surface area contributed by atoms with Gasteiger partial charge in [0.05, 0.1) is 11.8 Å². The third kappa shape index (κ3) is 1.45. The molecule has 0 unspecified atom stereocenters. The van der Waals surface area contributed by atoms with E-state index in [0.29, 0.717) is 5.89 Å². The zero-order valence-corrected chi connectivity index (χ0v) is 7.71. The SMILES string of the molecule is CCc1occc1-c1nnc(Cl)o1. The fourth-order valence-electron chi connectivity index (χ4n) is 1.12. The van der Waals surface area contributed by atoms with Gasteiger partial charge in [0.1, 0.15) is 5.76 Å². The molecule has 0 fully saturated rings. The van der Waals surface area contributed by atoms with Crippen LogP contribution in [0, 0.1) is 0 Å². The fourth-order valence-corrected chi connectivity index (χ4v) is 1.23. The van der Waals surface area contributed by atoms with Gasteiger partial charge in [-0.1, -0.05) is 12.0 Å². The van der Waals surface area contributed by atoms with Gasteiger partial charge in [0.25, 0.3) is 5.89 Å². The Labute approximate surface area is 79.5 Å². The maximum atomic E-state index is 5.50. The van der Waals surface area contributed by atoms with Crippen LogP contribution in [-0.4, -0.2) is 10.2 Å². The molecule has 0 saturated carbocycles. The normalized spacial score (nSPS) is 10.6. The summed E-state index contributed by atoms with van der Waals surface area (Å²) in [6.45, 7) is 1.99. The van der Waals surface area contributed by atoms with E-state index in [2.05, 4.69) is 10.2 Å². The first-order valence-electron chi connectivity index (χ1n) is 3.87. The number of furan rings is 1. The summed E-state index contributed by atoms with van der Waals surface area (Å²) in [6.07, 6.45) is 2.37. The summed E-state index contributed by atoms with van der Waals surface area (Å²) in [4.78, 5) is 0. The highest BCUT2D eigenvalue weighted by Gasteiger charge is 2.12. The monoisotopic (exact) mass is 198 g/mol. The molecule has 0 saturated heterocycles. The van der Waals surface area contributed by atoms with Crippen LogP contribution in [0.4, 0.5) is 0 Å². The van der Waals surface area contributed by atoms with Gasteiger partial charge in [-0.2, -0.15) is 0 Å². The number of aryl methyl sites for hydroxylation is 1. The maximum Gasteiger partial charge on any atom is 0.313 e. The molecule has 0 radical (unpaired) electrons. The lowest BCUT2D eigenvalue weighted by molar-refractivity contribution is 0.512. The lowest BCUT2D eigenvalue weighted by atomic mass is 10.2. The number of hydrogen-bond donors (Lipinski definition) is 0. The van der Waals surface area contributed by atoms with E-state index in [0.717, 1.165) is 17.7 Å². The third-order valence-corrected chi connectivity index (χ3v) is 1.85. The Morgan fingerprint density at radius 1 is 1.46 bits per heavy atom. The van der Waals surface area contributed by atoms with Gasteiger partial charge in [0.2, 0.25) is 0 Å². The number of hydrogen-bond acceptors (Lipinski definition) is 4. The summed E-state index contributed by atoms with van der Waals surface area (Å²) in [5.41, 5.74) is 0.807. The Kier molecular flexibility index (Phi) is 2.06. The minimum absolute atomic E-state index is 0.0400. The molecule has 2 aromatic rings. The molecule has 0 N–H and O–H groups in total. The van der Waals surface area contributed by atoms with Gasteiger partial charge < -0.3 is 8.83 Å². The van der Waals surface area contributed by atoms with E-state index in [4.69, 9.17) is 20.4 Å². The van der Waals surface area contributed by atoms with E-state index in [1.807, 2.05) is 6.92 Å². The zero-order valence-electron chi connectivity index (χ0n) is 6.95. The molecule has 4 nitrogen and oxygen atoms in total. The van der Waals surface area contributed by atoms with Crippen molar-refractivity contribution in [3.63, 3.8) is 0 Å². The molecule has 0 aliphatic heterocycles.